The van der Waals surface area contributed by atoms with Crippen LogP contribution in [0, 0.1) is 0 Å². The first-order valence-corrected chi connectivity index (χ1v) is 8.22. The second-order valence-corrected chi connectivity index (χ2v) is 6.22. The fourth-order valence-electron chi connectivity index (χ4n) is 3.21. The summed E-state index contributed by atoms with van der Waals surface area (Å²) in [7, 11) is 0. The first kappa shape index (κ1) is 14.9. The van der Waals surface area contributed by atoms with E-state index in [-0.39, 0.29) is 18.9 Å². The van der Waals surface area contributed by atoms with E-state index in [9.17, 15) is 4.79 Å². The zero-order valence-corrected chi connectivity index (χ0v) is 13.6. The predicted molar refractivity (Wildman–Crippen MR) is 90.1 cm³/mol. The molecule has 2 aromatic rings. The molecule has 4 rings (SSSR count). The smallest absolute Gasteiger partial charge is 0.318 e. The van der Waals surface area contributed by atoms with Crippen molar-refractivity contribution in [3.05, 3.63) is 59.2 Å². The van der Waals surface area contributed by atoms with Crippen LogP contribution in [0.4, 0.5) is 4.79 Å². The summed E-state index contributed by atoms with van der Waals surface area (Å²) in [5.74, 6) is 1.49. The molecule has 0 spiro atoms. The van der Waals surface area contributed by atoms with Gasteiger partial charge in [0.15, 0.2) is 11.5 Å². The first-order valence-electron chi connectivity index (χ1n) is 8.22. The number of nitrogens with one attached hydrogen (secondary N) is 1. The Balaban J connectivity index is 1.43. The van der Waals surface area contributed by atoms with E-state index in [4.69, 9.17) is 9.47 Å². The van der Waals surface area contributed by atoms with Gasteiger partial charge in [0.1, 0.15) is 0 Å². The van der Waals surface area contributed by atoms with Crippen LogP contribution in [0.25, 0.3) is 0 Å². The summed E-state index contributed by atoms with van der Waals surface area (Å²) in [5, 5.41) is 3.08. The van der Waals surface area contributed by atoms with Gasteiger partial charge >= 0.3 is 6.03 Å². The zero-order chi connectivity index (χ0) is 16.5. The highest BCUT2D eigenvalue weighted by Crippen LogP contribution is 2.34. The fourth-order valence-corrected chi connectivity index (χ4v) is 3.21. The minimum atomic E-state index is -0.0934. The lowest BCUT2D eigenvalue weighted by atomic mass is 10.0. The maximum Gasteiger partial charge on any atom is 0.318 e. The Hall–Kier alpha value is -2.69. The van der Waals surface area contributed by atoms with Crippen molar-refractivity contribution >= 4 is 6.03 Å². The third kappa shape index (κ3) is 2.77. The van der Waals surface area contributed by atoms with E-state index in [1.807, 2.05) is 36.1 Å². The van der Waals surface area contributed by atoms with Crippen LogP contribution in [-0.2, 0) is 13.0 Å². The molecule has 0 aromatic heterocycles. The maximum absolute atomic E-state index is 12.6. The Morgan fingerprint density at radius 3 is 2.79 bits per heavy atom. The molecule has 0 aliphatic carbocycles. The number of hydrogen-bond donors (Lipinski definition) is 1. The minimum absolute atomic E-state index is 0.0327. The third-order valence-corrected chi connectivity index (χ3v) is 4.65. The molecule has 1 atom stereocenters. The van der Waals surface area contributed by atoms with Crippen molar-refractivity contribution in [2.45, 2.75) is 25.9 Å². The second-order valence-electron chi connectivity index (χ2n) is 6.22. The van der Waals surface area contributed by atoms with E-state index in [2.05, 4.69) is 23.5 Å². The molecule has 2 heterocycles. The van der Waals surface area contributed by atoms with Gasteiger partial charge in [-0.2, -0.15) is 0 Å². The topological polar surface area (TPSA) is 50.8 Å². The Morgan fingerprint density at radius 1 is 1.12 bits per heavy atom. The highest BCUT2D eigenvalue weighted by atomic mass is 16.7. The molecule has 1 N–H and O–H groups in total. The summed E-state index contributed by atoms with van der Waals surface area (Å²) in [6.45, 7) is 3.65. The standard InChI is InChI=1S/C19H20N2O3/c1-13(15-6-7-17-18(10-15)24-12-23-17)20-19(22)21-9-8-14-4-2-3-5-16(14)11-21/h2-7,10,13H,8-9,11-12H2,1H3,(H,20,22)/t13-/m0/s1. The maximum atomic E-state index is 12.6. The normalized spacial score (nSPS) is 16.5. The lowest BCUT2D eigenvalue weighted by Crippen LogP contribution is -2.43. The average Bonchev–Trinajstić information content (AvgIpc) is 3.08. The minimum Gasteiger partial charge on any atom is -0.454 e. The van der Waals surface area contributed by atoms with E-state index < -0.39 is 0 Å². The van der Waals surface area contributed by atoms with Crippen molar-refractivity contribution in [3.63, 3.8) is 0 Å². The molecule has 2 aliphatic heterocycles. The molecule has 2 aliphatic rings. The number of carbonyl (C=O) groups excluding carboxylic acids is 1. The molecule has 5 nitrogen and oxygen atoms in total. The van der Waals surface area contributed by atoms with Crippen LogP contribution in [0.15, 0.2) is 42.5 Å². The van der Waals surface area contributed by atoms with Gasteiger partial charge in [-0.25, -0.2) is 4.79 Å². The summed E-state index contributed by atoms with van der Waals surface area (Å²) >= 11 is 0. The molecule has 2 amide bonds. The molecule has 2 aromatic carbocycles. The first-order chi connectivity index (χ1) is 11.7. The van der Waals surface area contributed by atoms with Crippen molar-refractivity contribution in [1.82, 2.24) is 10.2 Å². The number of benzene rings is 2. The Morgan fingerprint density at radius 2 is 1.92 bits per heavy atom. The monoisotopic (exact) mass is 324 g/mol. The van der Waals surface area contributed by atoms with E-state index in [1.165, 1.54) is 11.1 Å². The predicted octanol–water partition coefficient (Wildman–Crippen LogP) is 3.24. The number of hydrogen-bond acceptors (Lipinski definition) is 3. The summed E-state index contributed by atoms with van der Waals surface area (Å²) in [6, 6.07) is 14.0. The van der Waals surface area contributed by atoms with Crippen LogP contribution in [0.5, 0.6) is 11.5 Å². The highest BCUT2D eigenvalue weighted by Gasteiger charge is 2.22. The number of rotatable bonds is 2. The molecular weight excluding hydrogens is 304 g/mol. The van der Waals surface area contributed by atoms with Crippen LogP contribution < -0.4 is 14.8 Å². The molecule has 0 saturated carbocycles. The van der Waals surface area contributed by atoms with E-state index in [0.29, 0.717) is 6.54 Å². The zero-order valence-electron chi connectivity index (χ0n) is 13.6. The van der Waals surface area contributed by atoms with Gasteiger partial charge in [0.05, 0.1) is 6.04 Å². The van der Waals surface area contributed by atoms with Gasteiger partial charge in [-0.05, 0) is 42.2 Å². The van der Waals surface area contributed by atoms with E-state index in [0.717, 1.165) is 30.0 Å². The number of urea groups is 1. The Kier molecular flexibility index (Phi) is 3.76. The summed E-state index contributed by atoms with van der Waals surface area (Å²) in [5.41, 5.74) is 3.57. The lowest BCUT2D eigenvalue weighted by molar-refractivity contribution is 0.174. The van der Waals surface area contributed by atoms with Crippen LogP contribution in [0.1, 0.15) is 29.7 Å². The average molecular weight is 324 g/mol. The number of amides is 2. The summed E-state index contributed by atoms with van der Waals surface area (Å²) in [4.78, 5) is 14.5. The van der Waals surface area contributed by atoms with E-state index in [1.54, 1.807) is 0 Å². The van der Waals surface area contributed by atoms with Crippen LogP contribution in [0.2, 0.25) is 0 Å². The van der Waals surface area contributed by atoms with Gasteiger partial charge in [-0.15, -0.1) is 0 Å². The van der Waals surface area contributed by atoms with Crippen molar-refractivity contribution in [3.8, 4) is 11.5 Å². The molecule has 0 saturated heterocycles. The van der Waals surface area contributed by atoms with Crippen molar-refractivity contribution in [2.75, 3.05) is 13.3 Å². The molecule has 0 unspecified atom stereocenters. The van der Waals surface area contributed by atoms with Crippen LogP contribution >= 0.6 is 0 Å². The van der Waals surface area contributed by atoms with Crippen molar-refractivity contribution in [1.29, 1.82) is 0 Å². The molecule has 5 heteroatoms. The largest absolute Gasteiger partial charge is 0.454 e. The number of nitrogens with zero attached hydrogens (tertiary/aromatic N) is 1. The lowest BCUT2D eigenvalue weighted by Gasteiger charge is -2.30. The molecule has 24 heavy (non-hydrogen) atoms. The van der Waals surface area contributed by atoms with Gasteiger partial charge in [-0.1, -0.05) is 30.3 Å². The Bertz CT molecular complexity index is 775. The van der Waals surface area contributed by atoms with Crippen LogP contribution in [-0.4, -0.2) is 24.3 Å². The molecule has 0 fully saturated rings. The Labute approximate surface area is 141 Å². The van der Waals surface area contributed by atoms with Crippen molar-refractivity contribution in [2.24, 2.45) is 0 Å². The van der Waals surface area contributed by atoms with Gasteiger partial charge in [0, 0.05) is 13.1 Å². The second kappa shape index (κ2) is 6.07. The summed E-state index contributed by atoms with van der Waals surface area (Å²) < 4.78 is 10.7. The molecule has 124 valence electrons. The van der Waals surface area contributed by atoms with Gasteiger partial charge < -0.3 is 19.7 Å². The summed E-state index contributed by atoms with van der Waals surface area (Å²) in [6.07, 6.45) is 0.905. The fraction of sp³-hybridized carbons (Fsp3) is 0.316. The van der Waals surface area contributed by atoms with Gasteiger partial charge in [-0.3, -0.25) is 0 Å². The number of carbonyl (C=O) groups is 1. The third-order valence-electron chi connectivity index (χ3n) is 4.65. The van der Waals surface area contributed by atoms with Gasteiger partial charge in [0.25, 0.3) is 0 Å². The van der Waals surface area contributed by atoms with Crippen LogP contribution in [0.3, 0.4) is 0 Å². The van der Waals surface area contributed by atoms with Gasteiger partial charge in [0.2, 0.25) is 6.79 Å². The number of ether oxygens (including phenoxy) is 2. The molecule has 0 radical (unpaired) electrons. The highest BCUT2D eigenvalue weighted by molar-refractivity contribution is 5.75. The quantitative estimate of drug-likeness (QED) is 0.922. The molecular formula is C19H20N2O3. The van der Waals surface area contributed by atoms with Crippen molar-refractivity contribution < 1.29 is 14.3 Å². The number of fused-ring (bicyclic) bond motifs is 2. The van der Waals surface area contributed by atoms with E-state index >= 15 is 0 Å². The molecule has 0 bridgehead atoms. The SMILES string of the molecule is C[C@H](NC(=O)N1CCc2ccccc2C1)c1ccc2c(c1)OCO2.